The Labute approximate surface area is 86.4 Å². The first-order valence-electron chi connectivity index (χ1n) is 4.18. The average Bonchev–Trinajstić information content (AvgIpc) is 2.47. The number of hydrogen-bond acceptors (Lipinski definition) is 5. The van der Waals surface area contributed by atoms with E-state index in [4.69, 9.17) is 10.5 Å². The van der Waals surface area contributed by atoms with Crippen LogP contribution in [0, 0.1) is 0 Å². The van der Waals surface area contributed by atoms with Gasteiger partial charge in [-0.3, -0.25) is 0 Å². The lowest BCUT2D eigenvalue weighted by Gasteiger charge is -2.03. The minimum absolute atomic E-state index is 0.0984. The monoisotopic (exact) mass is 212 g/mol. The molecular formula is C9H12N2O2S. The molecular weight excluding hydrogens is 200 g/mol. The van der Waals surface area contributed by atoms with Crippen LogP contribution >= 0.6 is 11.3 Å². The molecule has 0 atom stereocenters. The molecule has 0 saturated heterocycles. The van der Waals surface area contributed by atoms with Crippen molar-refractivity contribution >= 4 is 28.5 Å². The van der Waals surface area contributed by atoms with Gasteiger partial charge in [0.1, 0.15) is 0 Å². The number of hydrogen-bond donors (Lipinski definition) is 1. The Balaban J connectivity index is 2.51. The van der Waals surface area contributed by atoms with Crippen LogP contribution < -0.4 is 5.73 Å². The Morgan fingerprint density at radius 3 is 2.93 bits per heavy atom. The van der Waals surface area contributed by atoms with Crippen LogP contribution in [-0.4, -0.2) is 17.1 Å². The molecule has 0 saturated carbocycles. The topological polar surface area (TPSA) is 65.2 Å². The van der Waals surface area contributed by atoms with E-state index in [1.54, 1.807) is 26.1 Å². The van der Waals surface area contributed by atoms with Gasteiger partial charge in [-0.1, -0.05) is 11.3 Å². The fourth-order valence-corrected chi connectivity index (χ4v) is 1.39. The van der Waals surface area contributed by atoms with E-state index < -0.39 is 0 Å². The second-order valence-electron chi connectivity index (χ2n) is 2.92. The van der Waals surface area contributed by atoms with Gasteiger partial charge in [0.2, 0.25) is 0 Å². The van der Waals surface area contributed by atoms with Gasteiger partial charge < -0.3 is 10.5 Å². The molecule has 0 aliphatic rings. The van der Waals surface area contributed by atoms with Gasteiger partial charge in [-0.2, -0.15) is 0 Å². The van der Waals surface area contributed by atoms with Crippen LogP contribution in [0.5, 0.6) is 0 Å². The highest BCUT2D eigenvalue weighted by Crippen LogP contribution is 2.15. The summed E-state index contributed by atoms with van der Waals surface area (Å²) >= 11 is 1.32. The summed E-state index contributed by atoms with van der Waals surface area (Å²) in [7, 11) is 0. The smallest absolute Gasteiger partial charge is 0.331 e. The summed E-state index contributed by atoms with van der Waals surface area (Å²) in [5.41, 5.74) is 5.42. The lowest BCUT2D eigenvalue weighted by atomic mass is 10.4. The number of nitrogens with two attached hydrogens (primary N) is 1. The zero-order valence-electron chi connectivity index (χ0n) is 8.06. The maximum absolute atomic E-state index is 11.1. The second-order valence-corrected chi connectivity index (χ2v) is 4.01. The summed E-state index contributed by atoms with van der Waals surface area (Å²) in [6.07, 6.45) is 4.52. The summed E-state index contributed by atoms with van der Waals surface area (Å²) in [5, 5.41) is 0.488. The molecule has 0 spiro atoms. The largest absolute Gasteiger partial charge is 0.460 e. The molecule has 14 heavy (non-hydrogen) atoms. The van der Waals surface area contributed by atoms with Crippen molar-refractivity contribution in [2.75, 3.05) is 5.73 Å². The molecule has 2 N–H and O–H groups in total. The van der Waals surface area contributed by atoms with Crippen molar-refractivity contribution in [3.8, 4) is 0 Å². The maximum atomic E-state index is 11.1. The number of nitrogen functional groups attached to an aromatic ring is 1. The molecule has 0 aliphatic carbocycles. The first-order valence-corrected chi connectivity index (χ1v) is 4.99. The van der Waals surface area contributed by atoms with Gasteiger partial charge in [-0.05, 0) is 19.9 Å². The van der Waals surface area contributed by atoms with Crippen molar-refractivity contribution < 1.29 is 9.53 Å². The highest BCUT2D eigenvalue weighted by molar-refractivity contribution is 7.16. The summed E-state index contributed by atoms with van der Waals surface area (Å²) in [5.74, 6) is -0.355. The molecule has 1 rings (SSSR count). The van der Waals surface area contributed by atoms with Gasteiger partial charge in [-0.25, -0.2) is 9.78 Å². The molecule has 1 heterocycles. The SMILES string of the molecule is CC(C)OC(=O)/C=C/c1cnc(N)s1. The number of carbonyl (C=O) groups is 1. The predicted molar refractivity (Wildman–Crippen MR) is 56.8 cm³/mol. The van der Waals surface area contributed by atoms with Crippen LogP contribution in [0.3, 0.4) is 0 Å². The van der Waals surface area contributed by atoms with E-state index in [2.05, 4.69) is 4.98 Å². The van der Waals surface area contributed by atoms with Crippen LogP contribution in [0.15, 0.2) is 12.3 Å². The Hall–Kier alpha value is -1.36. The first kappa shape index (κ1) is 10.7. The minimum atomic E-state index is -0.355. The number of esters is 1. The van der Waals surface area contributed by atoms with E-state index in [-0.39, 0.29) is 12.1 Å². The third-order valence-corrected chi connectivity index (χ3v) is 2.07. The zero-order valence-corrected chi connectivity index (χ0v) is 8.88. The molecule has 5 heteroatoms. The Morgan fingerprint density at radius 2 is 2.43 bits per heavy atom. The number of nitrogens with zero attached hydrogens (tertiary/aromatic N) is 1. The predicted octanol–water partition coefficient (Wildman–Crippen LogP) is 1.69. The number of anilines is 1. The van der Waals surface area contributed by atoms with Crippen molar-refractivity contribution in [2.45, 2.75) is 20.0 Å². The van der Waals surface area contributed by atoms with Gasteiger partial charge in [0, 0.05) is 17.2 Å². The molecule has 1 aromatic rings. The third-order valence-electron chi connectivity index (χ3n) is 1.28. The lowest BCUT2D eigenvalue weighted by Crippen LogP contribution is -2.08. The number of carbonyl (C=O) groups excluding carboxylic acids is 1. The van der Waals surface area contributed by atoms with E-state index in [1.165, 1.54) is 17.4 Å². The molecule has 0 amide bonds. The third kappa shape index (κ3) is 3.57. The number of thiazole rings is 1. The second kappa shape index (κ2) is 4.76. The van der Waals surface area contributed by atoms with Gasteiger partial charge in [0.05, 0.1) is 6.10 Å². The van der Waals surface area contributed by atoms with Crippen molar-refractivity contribution in [2.24, 2.45) is 0 Å². The van der Waals surface area contributed by atoms with Crippen molar-refractivity contribution in [1.29, 1.82) is 0 Å². The zero-order chi connectivity index (χ0) is 10.6. The quantitative estimate of drug-likeness (QED) is 0.611. The van der Waals surface area contributed by atoms with Gasteiger partial charge in [-0.15, -0.1) is 0 Å². The molecule has 76 valence electrons. The van der Waals surface area contributed by atoms with E-state index >= 15 is 0 Å². The molecule has 0 aliphatic heterocycles. The Kier molecular flexibility index (Phi) is 3.64. The lowest BCUT2D eigenvalue weighted by molar-refractivity contribution is -0.141. The Morgan fingerprint density at radius 1 is 1.71 bits per heavy atom. The van der Waals surface area contributed by atoms with Crippen LogP contribution in [0.2, 0.25) is 0 Å². The van der Waals surface area contributed by atoms with Crippen LogP contribution in [0.25, 0.3) is 6.08 Å². The number of aromatic nitrogens is 1. The summed E-state index contributed by atoms with van der Waals surface area (Å²) in [6, 6.07) is 0. The highest BCUT2D eigenvalue weighted by atomic mass is 32.1. The fraction of sp³-hybridized carbons (Fsp3) is 0.333. The fourth-order valence-electron chi connectivity index (χ4n) is 0.800. The van der Waals surface area contributed by atoms with Gasteiger partial charge in [0.15, 0.2) is 5.13 Å². The molecule has 0 unspecified atom stereocenters. The van der Waals surface area contributed by atoms with Crippen LogP contribution in [-0.2, 0) is 9.53 Å². The van der Waals surface area contributed by atoms with E-state index in [0.717, 1.165) is 4.88 Å². The van der Waals surface area contributed by atoms with Crippen LogP contribution in [0.1, 0.15) is 18.7 Å². The molecule has 4 nitrogen and oxygen atoms in total. The van der Waals surface area contributed by atoms with Gasteiger partial charge in [0.25, 0.3) is 0 Å². The molecule has 0 bridgehead atoms. The van der Waals surface area contributed by atoms with E-state index in [9.17, 15) is 4.79 Å². The average molecular weight is 212 g/mol. The van der Waals surface area contributed by atoms with Crippen LogP contribution in [0.4, 0.5) is 5.13 Å². The summed E-state index contributed by atoms with van der Waals surface area (Å²) in [4.78, 5) is 15.8. The molecule has 0 fully saturated rings. The van der Waals surface area contributed by atoms with Crippen molar-refractivity contribution in [1.82, 2.24) is 4.98 Å². The standard InChI is InChI=1S/C9H12N2O2S/c1-6(2)13-8(12)4-3-7-5-11-9(10)14-7/h3-6H,1-2H3,(H2,10,11)/b4-3+. The summed E-state index contributed by atoms with van der Waals surface area (Å²) in [6.45, 7) is 3.60. The van der Waals surface area contributed by atoms with Gasteiger partial charge >= 0.3 is 5.97 Å². The summed E-state index contributed by atoms with van der Waals surface area (Å²) < 4.78 is 4.91. The van der Waals surface area contributed by atoms with Crippen molar-refractivity contribution in [3.05, 3.63) is 17.2 Å². The van der Waals surface area contributed by atoms with Crippen molar-refractivity contribution in [3.63, 3.8) is 0 Å². The molecule has 0 radical (unpaired) electrons. The number of rotatable bonds is 3. The number of ether oxygens (including phenoxy) is 1. The normalized spacial score (nSPS) is 11.1. The highest BCUT2D eigenvalue weighted by Gasteiger charge is 2.00. The molecule has 1 aromatic heterocycles. The maximum Gasteiger partial charge on any atom is 0.331 e. The Bertz CT molecular complexity index is 344. The minimum Gasteiger partial charge on any atom is -0.460 e. The first-order chi connectivity index (χ1) is 6.58. The van der Waals surface area contributed by atoms with E-state index in [1.807, 2.05) is 0 Å². The van der Waals surface area contributed by atoms with E-state index in [0.29, 0.717) is 5.13 Å². The molecule has 0 aromatic carbocycles.